The zero-order valence-corrected chi connectivity index (χ0v) is 12.2. The summed E-state index contributed by atoms with van der Waals surface area (Å²) in [6, 6.07) is 7.08. The number of aromatic carboxylic acids is 1. The molecule has 1 fully saturated rings. The number of carboxylic acid groups (broad SMARTS) is 1. The number of halogens is 1. The Balaban J connectivity index is 1.89. The maximum absolute atomic E-state index is 11.4. The van der Waals surface area contributed by atoms with Gasteiger partial charge in [0.05, 0.1) is 10.6 Å². The molecule has 1 aromatic heterocycles. The van der Waals surface area contributed by atoms with Gasteiger partial charge in [0.2, 0.25) is 0 Å². The molecule has 2 heterocycles. The van der Waals surface area contributed by atoms with E-state index in [1.807, 2.05) is 0 Å². The number of carbonyl (C=O) groups excluding carboxylic acids is 2. The van der Waals surface area contributed by atoms with Crippen LogP contribution in [0.4, 0.5) is 4.79 Å². The van der Waals surface area contributed by atoms with Crippen LogP contribution in [0.2, 0.25) is 5.02 Å². The van der Waals surface area contributed by atoms with Crippen molar-refractivity contribution in [3.8, 4) is 11.3 Å². The molecule has 0 saturated carbocycles. The number of rotatable bonds is 3. The van der Waals surface area contributed by atoms with Crippen LogP contribution in [0.3, 0.4) is 0 Å². The fourth-order valence-corrected chi connectivity index (χ4v) is 2.31. The van der Waals surface area contributed by atoms with E-state index in [1.165, 1.54) is 18.2 Å². The Morgan fingerprint density at radius 1 is 1.17 bits per heavy atom. The van der Waals surface area contributed by atoms with E-state index in [9.17, 15) is 14.4 Å². The lowest BCUT2D eigenvalue weighted by Crippen LogP contribution is -2.22. The van der Waals surface area contributed by atoms with Gasteiger partial charge in [0, 0.05) is 11.6 Å². The Morgan fingerprint density at radius 2 is 1.96 bits per heavy atom. The first-order valence-corrected chi connectivity index (χ1v) is 6.79. The number of carboxylic acids is 1. The third-order valence-corrected chi connectivity index (χ3v) is 3.43. The molecule has 0 aliphatic carbocycles. The third kappa shape index (κ3) is 2.95. The topological polar surface area (TPSA) is 109 Å². The van der Waals surface area contributed by atoms with Crippen molar-refractivity contribution >= 4 is 35.6 Å². The van der Waals surface area contributed by atoms with Crippen molar-refractivity contribution in [2.75, 3.05) is 0 Å². The van der Waals surface area contributed by atoms with Gasteiger partial charge in [0.25, 0.3) is 5.91 Å². The average Bonchev–Trinajstić information content (AvgIpc) is 3.06. The highest BCUT2D eigenvalue weighted by atomic mass is 35.5. The molecule has 7 nitrogen and oxygen atoms in total. The fraction of sp³-hybridized carbons (Fsp3) is 0. The minimum atomic E-state index is -1.12. The van der Waals surface area contributed by atoms with Crippen LogP contribution < -0.4 is 10.6 Å². The van der Waals surface area contributed by atoms with Crippen LogP contribution in [0.15, 0.2) is 40.4 Å². The van der Waals surface area contributed by atoms with Crippen LogP contribution in [0.25, 0.3) is 17.4 Å². The number of nitrogens with one attached hydrogen (secondary N) is 2. The molecule has 3 amide bonds. The monoisotopic (exact) mass is 332 g/mol. The number of furan rings is 1. The largest absolute Gasteiger partial charge is 0.478 e. The maximum Gasteiger partial charge on any atom is 0.337 e. The van der Waals surface area contributed by atoms with Gasteiger partial charge >= 0.3 is 12.0 Å². The summed E-state index contributed by atoms with van der Waals surface area (Å²) in [6.45, 7) is 0. The summed E-state index contributed by atoms with van der Waals surface area (Å²) in [7, 11) is 0. The van der Waals surface area contributed by atoms with Gasteiger partial charge in [-0.1, -0.05) is 17.7 Å². The van der Waals surface area contributed by atoms with E-state index < -0.39 is 17.9 Å². The molecule has 8 heteroatoms. The summed E-state index contributed by atoms with van der Waals surface area (Å²) in [4.78, 5) is 33.4. The summed E-state index contributed by atoms with van der Waals surface area (Å²) in [6.07, 6.45) is 1.39. The molecule has 0 atom stereocenters. The molecule has 1 saturated heterocycles. The lowest BCUT2D eigenvalue weighted by Gasteiger charge is -2.01. The second-order valence-electron chi connectivity index (χ2n) is 4.67. The lowest BCUT2D eigenvalue weighted by molar-refractivity contribution is -0.115. The van der Waals surface area contributed by atoms with E-state index in [-0.39, 0.29) is 16.3 Å². The Bertz CT molecular complexity index is 869. The Kier molecular flexibility index (Phi) is 3.63. The molecule has 3 rings (SSSR count). The molecular formula is C15H9ClN2O5. The Morgan fingerprint density at radius 3 is 2.57 bits per heavy atom. The predicted octanol–water partition coefficient (Wildman–Crippen LogP) is 2.48. The number of amides is 3. The molecule has 1 aromatic carbocycles. The lowest BCUT2D eigenvalue weighted by atomic mass is 10.1. The predicted molar refractivity (Wildman–Crippen MR) is 80.8 cm³/mol. The first kappa shape index (κ1) is 14.9. The van der Waals surface area contributed by atoms with Crippen molar-refractivity contribution in [3.63, 3.8) is 0 Å². The van der Waals surface area contributed by atoms with Crippen LogP contribution in [0.1, 0.15) is 16.1 Å². The van der Waals surface area contributed by atoms with Crippen molar-refractivity contribution in [1.82, 2.24) is 10.6 Å². The van der Waals surface area contributed by atoms with Gasteiger partial charge in [0.1, 0.15) is 17.2 Å². The van der Waals surface area contributed by atoms with E-state index in [2.05, 4.69) is 10.6 Å². The Hall–Kier alpha value is -3.06. The Labute approximate surface area is 134 Å². The summed E-state index contributed by atoms with van der Waals surface area (Å²) in [5, 5.41) is 13.5. The molecule has 0 spiro atoms. The fourth-order valence-electron chi connectivity index (χ4n) is 2.05. The molecule has 0 bridgehead atoms. The number of imide groups is 1. The minimum absolute atomic E-state index is 0.00495. The van der Waals surface area contributed by atoms with Gasteiger partial charge in [-0.2, -0.15) is 0 Å². The zero-order valence-electron chi connectivity index (χ0n) is 11.4. The molecule has 23 heavy (non-hydrogen) atoms. The van der Waals surface area contributed by atoms with Crippen molar-refractivity contribution < 1.29 is 23.9 Å². The molecule has 0 unspecified atom stereocenters. The number of hydrogen-bond acceptors (Lipinski definition) is 4. The van der Waals surface area contributed by atoms with E-state index in [4.69, 9.17) is 21.1 Å². The SMILES string of the molecule is O=C1NC(=O)/C(=C/c2ccc(-c3ccc(C(=O)O)c(Cl)c3)o2)N1. The van der Waals surface area contributed by atoms with E-state index in [1.54, 1.807) is 18.2 Å². The van der Waals surface area contributed by atoms with E-state index in [0.717, 1.165) is 0 Å². The molecule has 0 radical (unpaired) electrons. The summed E-state index contributed by atoms with van der Waals surface area (Å²) >= 11 is 5.92. The summed E-state index contributed by atoms with van der Waals surface area (Å²) in [5.74, 6) is -0.859. The normalized spacial score (nSPS) is 15.6. The first-order chi connectivity index (χ1) is 10.9. The van der Waals surface area contributed by atoms with Gasteiger partial charge in [0.15, 0.2) is 0 Å². The number of hydrogen-bond donors (Lipinski definition) is 3. The van der Waals surface area contributed by atoms with Gasteiger partial charge in [-0.05, 0) is 24.3 Å². The van der Waals surface area contributed by atoms with Crippen LogP contribution in [-0.4, -0.2) is 23.0 Å². The van der Waals surface area contributed by atoms with Crippen LogP contribution >= 0.6 is 11.6 Å². The van der Waals surface area contributed by atoms with Crippen LogP contribution in [-0.2, 0) is 4.79 Å². The molecule has 1 aliphatic heterocycles. The number of carbonyl (C=O) groups is 3. The van der Waals surface area contributed by atoms with Crippen molar-refractivity contribution in [3.05, 3.63) is 52.4 Å². The average molecular weight is 333 g/mol. The summed E-state index contributed by atoms with van der Waals surface area (Å²) < 4.78 is 5.56. The standard InChI is InChI=1S/C15H9ClN2O5/c16-10-5-7(1-3-9(10)14(20)21)12-4-2-8(23-12)6-11-13(19)18-15(22)17-11/h1-6H,(H,20,21)(H2,17,18,19,22)/b11-6-. The van der Waals surface area contributed by atoms with E-state index >= 15 is 0 Å². The quantitative estimate of drug-likeness (QED) is 0.591. The zero-order chi connectivity index (χ0) is 16.6. The van der Waals surface area contributed by atoms with Gasteiger partial charge in [-0.3, -0.25) is 10.1 Å². The molecule has 116 valence electrons. The summed E-state index contributed by atoms with van der Waals surface area (Å²) in [5.41, 5.74) is 0.661. The van der Waals surface area contributed by atoms with Crippen molar-refractivity contribution in [2.24, 2.45) is 0 Å². The smallest absolute Gasteiger partial charge is 0.337 e. The van der Waals surface area contributed by atoms with Crippen LogP contribution in [0.5, 0.6) is 0 Å². The number of urea groups is 1. The first-order valence-electron chi connectivity index (χ1n) is 6.41. The van der Waals surface area contributed by atoms with E-state index in [0.29, 0.717) is 17.1 Å². The highest BCUT2D eigenvalue weighted by molar-refractivity contribution is 6.33. The van der Waals surface area contributed by atoms with Crippen molar-refractivity contribution in [2.45, 2.75) is 0 Å². The maximum atomic E-state index is 11.4. The van der Waals surface area contributed by atoms with Crippen molar-refractivity contribution in [1.29, 1.82) is 0 Å². The molecular weight excluding hydrogens is 324 g/mol. The van der Waals surface area contributed by atoms with Crippen LogP contribution in [0, 0.1) is 0 Å². The molecule has 2 aromatic rings. The van der Waals surface area contributed by atoms with Gasteiger partial charge in [-0.25, -0.2) is 9.59 Å². The highest BCUT2D eigenvalue weighted by Crippen LogP contribution is 2.28. The second kappa shape index (κ2) is 5.62. The minimum Gasteiger partial charge on any atom is -0.478 e. The van der Waals surface area contributed by atoms with Gasteiger partial charge in [-0.15, -0.1) is 0 Å². The highest BCUT2D eigenvalue weighted by Gasteiger charge is 2.23. The third-order valence-electron chi connectivity index (χ3n) is 3.12. The molecule has 3 N–H and O–H groups in total. The van der Waals surface area contributed by atoms with Gasteiger partial charge < -0.3 is 14.8 Å². The molecule has 1 aliphatic rings. The second-order valence-corrected chi connectivity index (χ2v) is 5.08. The number of benzene rings is 1.